The third-order valence-electron chi connectivity index (χ3n) is 8.41. The molecule has 4 fully saturated rings. The maximum Gasteiger partial charge on any atom is 0.246 e. The summed E-state index contributed by atoms with van der Waals surface area (Å²) in [6.07, 6.45) is 12.4. The molecule has 2 bridgehead atoms. The van der Waals surface area contributed by atoms with Crippen molar-refractivity contribution in [2.24, 2.45) is 11.8 Å². The van der Waals surface area contributed by atoms with Crippen LogP contribution < -0.4 is 10.6 Å². The summed E-state index contributed by atoms with van der Waals surface area (Å²) in [5.74, 6) is -1.16. The van der Waals surface area contributed by atoms with Crippen molar-refractivity contribution >= 4 is 23.5 Å². The van der Waals surface area contributed by atoms with E-state index in [4.69, 9.17) is 9.26 Å². The molecular formula is C25H32N4O5. The summed E-state index contributed by atoms with van der Waals surface area (Å²) in [6.45, 7) is 1.75. The number of rotatable bonds is 5. The van der Waals surface area contributed by atoms with Crippen molar-refractivity contribution in [2.75, 3.05) is 5.32 Å². The summed E-state index contributed by atoms with van der Waals surface area (Å²) in [5, 5.41) is 9.88. The molecular weight excluding hydrogens is 436 g/mol. The van der Waals surface area contributed by atoms with Crippen LogP contribution in [0.1, 0.15) is 63.5 Å². The molecule has 1 aromatic rings. The van der Waals surface area contributed by atoms with Crippen molar-refractivity contribution < 1.29 is 23.6 Å². The highest BCUT2D eigenvalue weighted by Gasteiger charge is 2.73. The molecule has 9 heteroatoms. The molecule has 0 radical (unpaired) electrons. The monoisotopic (exact) mass is 468 g/mol. The lowest BCUT2D eigenvalue weighted by Crippen LogP contribution is -2.58. The Balaban J connectivity index is 1.32. The van der Waals surface area contributed by atoms with E-state index in [1.165, 1.54) is 6.42 Å². The summed E-state index contributed by atoms with van der Waals surface area (Å²) in [7, 11) is 0. The number of carbonyl (C=O) groups excluding carboxylic acids is 3. The summed E-state index contributed by atoms with van der Waals surface area (Å²) in [6, 6.07) is 1.03. The van der Waals surface area contributed by atoms with E-state index in [-0.39, 0.29) is 29.8 Å². The van der Waals surface area contributed by atoms with Gasteiger partial charge in [-0.15, -0.1) is 0 Å². The van der Waals surface area contributed by atoms with Gasteiger partial charge in [0.15, 0.2) is 5.82 Å². The Bertz CT molecular complexity index is 1020. The van der Waals surface area contributed by atoms with E-state index >= 15 is 0 Å². The molecule has 1 aromatic heterocycles. The maximum atomic E-state index is 14.0. The van der Waals surface area contributed by atoms with Gasteiger partial charge in [-0.1, -0.05) is 49.4 Å². The van der Waals surface area contributed by atoms with Gasteiger partial charge in [0.2, 0.25) is 17.7 Å². The van der Waals surface area contributed by atoms with Gasteiger partial charge < -0.3 is 24.8 Å². The molecule has 2 saturated heterocycles. The van der Waals surface area contributed by atoms with Crippen LogP contribution in [-0.4, -0.2) is 57.6 Å². The minimum atomic E-state index is -1.11. The minimum Gasteiger partial charge on any atom is -0.360 e. The lowest BCUT2D eigenvalue weighted by atomic mass is 9.74. The number of anilines is 1. The molecule has 34 heavy (non-hydrogen) atoms. The van der Waals surface area contributed by atoms with E-state index in [0.29, 0.717) is 11.6 Å². The van der Waals surface area contributed by atoms with Gasteiger partial charge in [-0.25, -0.2) is 0 Å². The van der Waals surface area contributed by atoms with Gasteiger partial charge in [-0.3, -0.25) is 14.4 Å². The predicted molar refractivity (Wildman–Crippen MR) is 121 cm³/mol. The number of carbonyl (C=O) groups is 3. The van der Waals surface area contributed by atoms with Crippen LogP contribution in [0.25, 0.3) is 0 Å². The molecule has 3 aliphatic heterocycles. The van der Waals surface area contributed by atoms with Gasteiger partial charge in [0, 0.05) is 18.2 Å². The lowest BCUT2D eigenvalue weighted by molar-refractivity contribution is -0.144. The first kappa shape index (κ1) is 21.8. The summed E-state index contributed by atoms with van der Waals surface area (Å²) in [5.41, 5.74) is -1.11. The average Bonchev–Trinajstić information content (AvgIpc) is 3.63. The third kappa shape index (κ3) is 3.31. The number of hydrogen-bond acceptors (Lipinski definition) is 6. The zero-order valence-corrected chi connectivity index (χ0v) is 19.5. The number of amides is 3. The van der Waals surface area contributed by atoms with Crippen molar-refractivity contribution in [1.82, 2.24) is 15.4 Å². The average molecular weight is 469 g/mol. The second-order valence-electron chi connectivity index (χ2n) is 10.5. The number of ether oxygens (including phenoxy) is 1. The SMILES string of the molecule is Cc1cc(NC(=O)[C@@H]2[C@@H]3C=C[C@]4(O3)[C@@H]2C(=O)N(C2CCCC2)[C@@H]4C(=O)NC2CCCCC2)no1. The first-order valence-corrected chi connectivity index (χ1v) is 12.7. The smallest absolute Gasteiger partial charge is 0.246 e. The van der Waals surface area contributed by atoms with E-state index in [9.17, 15) is 14.4 Å². The van der Waals surface area contributed by atoms with E-state index in [0.717, 1.165) is 51.4 Å². The zero-order chi connectivity index (χ0) is 23.4. The van der Waals surface area contributed by atoms with Crippen molar-refractivity contribution in [3.8, 4) is 0 Å². The van der Waals surface area contributed by atoms with E-state index < -0.39 is 29.6 Å². The molecule has 5 atom stereocenters. The quantitative estimate of drug-likeness (QED) is 0.642. The molecule has 2 saturated carbocycles. The molecule has 0 unspecified atom stereocenters. The summed E-state index contributed by atoms with van der Waals surface area (Å²) < 4.78 is 11.5. The first-order chi connectivity index (χ1) is 16.5. The van der Waals surface area contributed by atoms with Crippen LogP contribution in [0.3, 0.4) is 0 Å². The van der Waals surface area contributed by atoms with Crippen LogP contribution >= 0.6 is 0 Å². The van der Waals surface area contributed by atoms with Gasteiger partial charge in [-0.2, -0.15) is 0 Å². The molecule has 3 amide bonds. The van der Waals surface area contributed by atoms with Crippen LogP contribution in [0.4, 0.5) is 5.82 Å². The second kappa shape index (κ2) is 8.22. The summed E-state index contributed by atoms with van der Waals surface area (Å²) in [4.78, 5) is 42.9. The van der Waals surface area contributed by atoms with Crippen molar-refractivity contribution in [2.45, 2.75) is 94.5 Å². The molecule has 0 aromatic carbocycles. The Morgan fingerprint density at radius 1 is 1.09 bits per heavy atom. The first-order valence-electron chi connectivity index (χ1n) is 12.7. The molecule has 4 heterocycles. The fourth-order valence-electron chi connectivity index (χ4n) is 6.94. The van der Waals surface area contributed by atoms with E-state index in [1.807, 2.05) is 12.2 Å². The summed E-state index contributed by atoms with van der Waals surface area (Å²) >= 11 is 0. The van der Waals surface area contributed by atoms with Gasteiger partial charge in [0.05, 0.1) is 17.9 Å². The fraction of sp³-hybridized carbons (Fsp3) is 0.680. The number of aromatic nitrogens is 1. The Morgan fingerprint density at radius 3 is 2.53 bits per heavy atom. The molecule has 2 N–H and O–H groups in total. The molecule has 2 aliphatic carbocycles. The predicted octanol–water partition coefficient (Wildman–Crippen LogP) is 2.46. The number of nitrogens with zero attached hydrogens (tertiary/aromatic N) is 2. The standard InChI is InChI=1S/C25H32N4O5/c1-14-13-18(28-34-14)27-22(30)19-17-11-12-25(33-17)20(19)24(32)29(16-9-5-6-10-16)21(25)23(31)26-15-7-3-2-4-8-15/h11-13,15-17,19-21H,2-10H2,1H3,(H,26,31)(H,27,28,30)/t17-,19+,20-,21+,25-/m0/s1. The number of likely N-dealkylation sites (tertiary alicyclic amines) is 1. The van der Waals surface area contributed by atoms with Gasteiger partial charge in [0.1, 0.15) is 17.4 Å². The van der Waals surface area contributed by atoms with Gasteiger partial charge in [-0.05, 0) is 32.6 Å². The van der Waals surface area contributed by atoms with E-state index in [1.54, 1.807) is 17.9 Å². The van der Waals surface area contributed by atoms with Crippen LogP contribution in [0, 0.1) is 18.8 Å². The number of aryl methyl sites for hydroxylation is 1. The highest BCUT2D eigenvalue weighted by atomic mass is 16.5. The minimum absolute atomic E-state index is 0.00697. The van der Waals surface area contributed by atoms with Gasteiger partial charge in [0.25, 0.3) is 0 Å². The molecule has 5 aliphatic rings. The third-order valence-corrected chi connectivity index (χ3v) is 8.41. The number of fused-ring (bicyclic) bond motifs is 1. The topological polar surface area (TPSA) is 114 Å². The molecule has 9 nitrogen and oxygen atoms in total. The zero-order valence-electron chi connectivity index (χ0n) is 19.5. The largest absolute Gasteiger partial charge is 0.360 e. The molecule has 1 spiro atoms. The van der Waals surface area contributed by atoms with Crippen LogP contribution in [-0.2, 0) is 19.1 Å². The molecule has 6 rings (SSSR count). The van der Waals surface area contributed by atoms with Crippen LogP contribution in [0.5, 0.6) is 0 Å². The van der Waals surface area contributed by atoms with Gasteiger partial charge >= 0.3 is 0 Å². The normalized spacial score (nSPS) is 35.2. The second-order valence-corrected chi connectivity index (χ2v) is 10.5. The Morgan fingerprint density at radius 2 is 1.82 bits per heavy atom. The number of hydrogen-bond donors (Lipinski definition) is 2. The van der Waals surface area contributed by atoms with Crippen molar-refractivity contribution in [3.63, 3.8) is 0 Å². The fourth-order valence-corrected chi connectivity index (χ4v) is 6.94. The Labute approximate surface area is 198 Å². The van der Waals surface area contributed by atoms with E-state index in [2.05, 4.69) is 15.8 Å². The maximum absolute atomic E-state index is 14.0. The van der Waals surface area contributed by atoms with Crippen LogP contribution in [0.2, 0.25) is 0 Å². The van der Waals surface area contributed by atoms with Crippen molar-refractivity contribution in [1.29, 1.82) is 0 Å². The highest BCUT2D eigenvalue weighted by molar-refractivity contribution is 6.02. The lowest BCUT2D eigenvalue weighted by Gasteiger charge is -2.36. The Hall–Kier alpha value is -2.68. The Kier molecular flexibility index (Phi) is 5.28. The molecule has 182 valence electrons. The van der Waals surface area contributed by atoms with Crippen molar-refractivity contribution in [3.05, 3.63) is 24.0 Å². The highest BCUT2D eigenvalue weighted by Crippen LogP contribution is 2.56. The van der Waals surface area contributed by atoms with Crippen LogP contribution in [0.15, 0.2) is 22.7 Å². The number of nitrogens with one attached hydrogen (secondary N) is 2.